The number of anilines is 2. The Hall–Kier alpha value is -3.67. The van der Waals surface area contributed by atoms with Crippen LogP contribution in [0.5, 0.6) is 0 Å². The Labute approximate surface area is 271 Å². The fourth-order valence-corrected chi connectivity index (χ4v) is 6.67. The van der Waals surface area contributed by atoms with Crippen molar-refractivity contribution in [3.8, 4) is 0 Å². The van der Waals surface area contributed by atoms with Gasteiger partial charge in [-0.1, -0.05) is 107 Å². The molecule has 0 radical (unpaired) electrons. The molecule has 4 nitrogen and oxygen atoms in total. The van der Waals surface area contributed by atoms with Crippen LogP contribution in [-0.4, -0.2) is 19.6 Å². The summed E-state index contributed by atoms with van der Waals surface area (Å²) in [7, 11) is 2.01. The van der Waals surface area contributed by atoms with E-state index in [4.69, 9.17) is 51.1 Å². The fraction of sp³-hybridized carbons (Fsp3) is 0.114. The molecule has 6 rings (SSSR count). The SMILES string of the molecule is CCN1C=C/C(=C\C=C\C2(/C=C/C=C3/C=CN(C)c4ccccc43)OC(=O)c3c(Cl)c(Cl)c(Cl)c(Cl)c32)c2ccccc21. The maximum absolute atomic E-state index is 13.3. The highest BCUT2D eigenvalue weighted by molar-refractivity contribution is 6.53. The second-order valence-electron chi connectivity index (χ2n) is 10.2. The molecule has 1 atom stereocenters. The maximum Gasteiger partial charge on any atom is 0.341 e. The average Bonchev–Trinajstić information content (AvgIpc) is 3.32. The number of carbonyl (C=O) groups is 1. The van der Waals surface area contributed by atoms with Gasteiger partial charge in [0.05, 0.1) is 25.7 Å². The van der Waals surface area contributed by atoms with Gasteiger partial charge in [0.15, 0.2) is 5.60 Å². The smallest absolute Gasteiger partial charge is 0.341 e. The number of hydrogen-bond donors (Lipinski definition) is 0. The number of hydrogen-bond acceptors (Lipinski definition) is 4. The van der Waals surface area contributed by atoms with Crippen molar-refractivity contribution in [1.29, 1.82) is 0 Å². The summed E-state index contributed by atoms with van der Waals surface area (Å²) >= 11 is 26.1. The van der Waals surface area contributed by atoms with Crippen LogP contribution in [0.25, 0.3) is 11.1 Å². The summed E-state index contributed by atoms with van der Waals surface area (Å²) in [6.45, 7) is 2.96. The Kier molecular flexibility index (Phi) is 8.06. The van der Waals surface area contributed by atoms with Gasteiger partial charge in [0.25, 0.3) is 0 Å². The molecular formula is C35H26Cl4N2O2. The molecule has 0 saturated carbocycles. The summed E-state index contributed by atoms with van der Waals surface area (Å²) in [6, 6.07) is 16.3. The zero-order valence-corrected chi connectivity index (χ0v) is 26.3. The highest BCUT2D eigenvalue weighted by Crippen LogP contribution is 2.51. The summed E-state index contributed by atoms with van der Waals surface area (Å²) < 4.78 is 6.05. The molecule has 43 heavy (non-hydrogen) atoms. The van der Waals surface area contributed by atoms with Gasteiger partial charge in [-0.15, -0.1) is 0 Å². The second kappa shape index (κ2) is 11.8. The largest absolute Gasteiger partial charge is 0.442 e. The van der Waals surface area contributed by atoms with Gasteiger partial charge < -0.3 is 14.5 Å². The molecule has 0 saturated heterocycles. The third-order valence-corrected chi connectivity index (χ3v) is 9.54. The maximum atomic E-state index is 13.3. The third kappa shape index (κ3) is 5.13. The van der Waals surface area contributed by atoms with Crippen LogP contribution >= 0.6 is 46.4 Å². The van der Waals surface area contributed by atoms with Crippen LogP contribution in [0.4, 0.5) is 11.4 Å². The lowest BCUT2D eigenvalue weighted by Crippen LogP contribution is -2.21. The van der Waals surface area contributed by atoms with Gasteiger partial charge >= 0.3 is 5.97 Å². The molecule has 0 bridgehead atoms. The standard InChI is InChI=1S/C35H26Cl4N2O2/c1-3-41-21-17-23(25-13-5-7-15-27(25)41)11-9-19-35(29-28(34(42)43-35)30(36)32(38)33(39)31(29)37)18-8-10-22-16-20-40(2)26-14-6-4-12-24(22)26/h4-21H,3H2,1-2H3/b18-8+,19-9+,22-10-,23-11+. The molecule has 8 heteroatoms. The van der Waals surface area contributed by atoms with Gasteiger partial charge in [-0.05, 0) is 54.5 Å². The monoisotopic (exact) mass is 646 g/mol. The molecule has 3 heterocycles. The second-order valence-corrected chi connectivity index (χ2v) is 11.7. The molecule has 3 aliphatic rings. The zero-order valence-electron chi connectivity index (χ0n) is 23.3. The minimum Gasteiger partial charge on any atom is -0.442 e. The van der Waals surface area contributed by atoms with Crippen molar-refractivity contribution in [2.24, 2.45) is 0 Å². The van der Waals surface area contributed by atoms with Crippen LogP contribution in [0.2, 0.25) is 20.1 Å². The van der Waals surface area contributed by atoms with E-state index in [-0.39, 0.29) is 25.7 Å². The van der Waals surface area contributed by atoms with Crippen molar-refractivity contribution in [1.82, 2.24) is 0 Å². The quantitative estimate of drug-likeness (QED) is 0.157. The lowest BCUT2D eigenvalue weighted by atomic mass is 9.90. The van der Waals surface area contributed by atoms with E-state index in [0.717, 1.165) is 40.2 Å². The van der Waals surface area contributed by atoms with Crippen LogP contribution in [0.1, 0.15) is 34.0 Å². The number of nitrogens with zero attached hydrogens (tertiary/aromatic N) is 2. The van der Waals surface area contributed by atoms with E-state index in [0.29, 0.717) is 5.56 Å². The number of benzene rings is 3. The molecule has 0 amide bonds. The van der Waals surface area contributed by atoms with Crippen molar-refractivity contribution < 1.29 is 9.53 Å². The fourth-order valence-electron chi connectivity index (χ4n) is 5.59. The number of para-hydroxylation sites is 2. The molecule has 3 aromatic rings. The third-order valence-electron chi connectivity index (χ3n) is 7.73. The highest BCUT2D eigenvalue weighted by atomic mass is 35.5. The number of carbonyl (C=O) groups excluding carboxylic acids is 1. The van der Waals surface area contributed by atoms with Crippen LogP contribution < -0.4 is 9.80 Å². The number of esters is 1. The van der Waals surface area contributed by atoms with E-state index >= 15 is 0 Å². The number of allylic oxidation sites excluding steroid dienone is 8. The van der Waals surface area contributed by atoms with Crippen LogP contribution in [0, 0.1) is 0 Å². The van der Waals surface area contributed by atoms with Gasteiger partial charge in [-0.25, -0.2) is 4.79 Å². The Morgan fingerprint density at radius 3 is 1.98 bits per heavy atom. The van der Waals surface area contributed by atoms with Crippen molar-refractivity contribution in [3.63, 3.8) is 0 Å². The molecule has 1 unspecified atom stereocenters. The normalized spacial score (nSPS) is 20.8. The average molecular weight is 648 g/mol. The number of ether oxygens (including phenoxy) is 1. The topological polar surface area (TPSA) is 32.8 Å². The van der Waals surface area contributed by atoms with E-state index in [1.54, 1.807) is 12.2 Å². The van der Waals surface area contributed by atoms with Gasteiger partial charge in [-0.2, -0.15) is 0 Å². The summed E-state index contributed by atoms with van der Waals surface area (Å²) in [5, 5.41) is 0.184. The van der Waals surface area contributed by atoms with E-state index in [9.17, 15) is 4.79 Å². The van der Waals surface area contributed by atoms with Gasteiger partial charge in [0.1, 0.15) is 0 Å². The summed E-state index contributed by atoms with van der Waals surface area (Å²) in [6.07, 6.45) is 19.4. The first-order chi connectivity index (χ1) is 20.8. The van der Waals surface area contributed by atoms with Crippen molar-refractivity contribution >= 4 is 74.9 Å². The molecule has 3 aromatic carbocycles. The molecule has 0 aliphatic carbocycles. The first kappa shape index (κ1) is 29.4. The van der Waals surface area contributed by atoms with Crippen molar-refractivity contribution in [2.75, 3.05) is 23.4 Å². The van der Waals surface area contributed by atoms with Gasteiger partial charge in [0, 0.05) is 54.1 Å². The molecule has 216 valence electrons. The minimum atomic E-state index is -1.39. The van der Waals surface area contributed by atoms with E-state index < -0.39 is 11.6 Å². The first-order valence-electron chi connectivity index (χ1n) is 13.7. The predicted octanol–water partition coefficient (Wildman–Crippen LogP) is 10.3. The highest BCUT2D eigenvalue weighted by Gasteiger charge is 2.46. The lowest BCUT2D eigenvalue weighted by Gasteiger charge is -2.26. The zero-order chi connectivity index (χ0) is 30.3. The molecular weight excluding hydrogens is 622 g/mol. The summed E-state index contributed by atoms with van der Waals surface area (Å²) in [5.74, 6) is -0.638. The van der Waals surface area contributed by atoms with Gasteiger partial charge in [0.2, 0.25) is 0 Å². The van der Waals surface area contributed by atoms with Crippen LogP contribution in [0.15, 0.2) is 110 Å². The summed E-state index contributed by atoms with van der Waals surface area (Å²) in [4.78, 5) is 17.5. The number of halogens is 4. The Balaban J connectivity index is 1.47. The molecule has 0 N–H and O–H groups in total. The van der Waals surface area contributed by atoms with Crippen molar-refractivity contribution in [2.45, 2.75) is 12.5 Å². The molecule has 3 aliphatic heterocycles. The molecule has 0 fully saturated rings. The molecule has 0 aromatic heterocycles. The van der Waals surface area contributed by atoms with Gasteiger partial charge in [-0.3, -0.25) is 0 Å². The van der Waals surface area contributed by atoms with E-state index in [2.05, 4.69) is 53.3 Å². The van der Waals surface area contributed by atoms with E-state index in [1.165, 1.54) is 0 Å². The van der Waals surface area contributed by atoms with Crippen LogP contribution in [-0.2, 0) is 10.3 Å². The first-order valence-corrected chi connectivity index (χ1v) is 15.2. The Morgan fingerprint density at radius 2 is 1.33 bits per heavy atom. The Morgan fingerprint density at radius 1 is 0.767 bits per heavy atom. The predicted molar refractivity (Wildman–Crippen MR) is 180 cm³/mol. The lowest BCUT2D eigenvalue weighted by molar-refractivity contribution is 0.0297. The van der Waals surface area contributed by atoms with E-state index in [1.807, 2.05) is 67.9 Å². The number of cyclic esters (lactones) is 1. The van der Waals surface area contributed by atoms with Crippen molar-refractivity contribution in [3.05, 3.63) is 152 Å². The summed E-state index contributed by atoms with van der Waals surface area (Å²) in [5.41, 5.74) is 5.44. The number of fused-ring (bicyclic) bond motifs is 3. The molecule has 0 spiro atoms. The Bertz CT molecular complexity index is 1840. The number of rotatable bonds is 5. The minimum absolute atomic E-state index is 0.00688. The van der Waals surface area contributed by atoms with Crippen LogP contribution in [0.3, 0.4) is 0 Å².